The molecule has 0 bridgehead atoms. The number of nitrogens with zero attached hydrogens (tertiary/aromatic N) is 4. The van der Waals surface area contributed by atoms with E-state index in [2.05, 4.69) is 14.9 Å². The number of carbonyl (C=O) groups excluding carboxylic acids is 3. The minimum atomic E-state index is -0.630. The van der Waals surface area contributed by atoms with Crippen LogP contribution >= 0.6 is 11.5 Å². The van der Waals surface area contributed by atoms with Crippen LogP contribution in [0.5, 0.6) is 11.5 Å². The number of carbonyl (C=O) groups is 3. The summed E-state index contributed by atoms with van der Waals surface area (Å²) < 4.78 is 14.3. The first kappa shape index (κ1) is 20.1. The van der Waals surface area contributed by atoms with Crippen LogP contribution in [0.4, 0.5) is 10.5 Å². The number of piperidine rings is 1. The molecule has 4 rings (SSSR count). The van der Waals surface area contributed by atoms with E-state index in [0.29, 0.717) is 47.1 Å². The third-order valence-electron chi connectivity index (χ3n) is 5.33. The van der Waals surface area contributed by atoms with Crippen molar-refractivity contribution in [3.63, 3.8) is 0 Å². The minimum absolute atomic E-state index is 0.225. The monoisotopic (exact) mass is 431 g/mol. The number of anilines is 1. The van der Waals surface area contributed by atoms with Gasteiger partial charge in [-0.15, -0.1) is 5.10 Å². The maximum Gasteiger partial charge on any atom is 0.332 e. The highest BCUT2D eigenvalue weighted by molar-refractivity contribution is 7.08. The smallest absolute Gasteiger partial charge is 0.332 e. The first-order valence-corrected chi connectivity index (χ1v) is 10.2. The Balaban J connectivity index is 1.52. The molecule has 0 aliphatic carbocycles. The Morgan fingerprint density at radius 2 is 1.90 bits per heavy atom. The van der Waals surface area contributed by atoms with Crippen LogP contribution in [0, 0.1) is 6.92 Å². The fourth-order valence-corrected chi connectivity index (χ4v) is 4.34. The Morgan fingerprint density at radius 1 is 1.20 bits per heavy atom. The van der Waals surface area contributed by atoms with Gasteiger partial charge in [0, 0.05) is 30.8 Å². The number of amides is 4. The lowest BCUT2D eigenvalue weighted by atomic mass is 9.98. The van der Waals surface area contributed by atoms with Crippen molar-refractivity contribution in [1.82, 2.24) is 19.8 Å². The van der Waals surface area contributed by atoms with Gasteiger partial charge in [0.05, 0.1) is 25.6 Å². The molecule has 2 aromatic rings. The number of benzene rings is 1. The van der Waals surface area contributed by atoms with Gasteiger partial charge in [0.15, 0.2) is 0 Å². The molecule has 2 unspecified atom stereocenters. The molecule has 0 spiro atoms. The molecule has 0 saturated carbocycles. The van der Waals surface area contributed by atoms with E-state index in [1.54, 1.807) is 30.0 Å². The fourth-order valence-electron chi connectivity index (χ4n) is 3.78. The molecule has 2 aliphatic rings. The second-order valence-electron chi connectivity index (χ2n) is 7.12. The Kier molecular flexibility index (Phi) is 5.29. The van der Waals surface area contributed by atoms with Crippen LogP contribution in [0.1, 0.15) is 28.2 Å². The summed E-state index contributed by atoms with van der Waals surface area (Å²) in [5.41, 5.74) is 0.961. The first-order chi connectivity index (χ1) is 14.4. The molecule has 158 valence electrons. The average Bonchev–Trinajstić information content (AvgIpc) is 3.28. The van der Waals surface area contributed by atoms with Gasteiger partial charge in [-0.05, 0) is 31.3 Å². The number of hydrogen-bond acceptors (Lipinski definition) is 8. The van der Waals surface area contributed by atoms with Gasteiger partial charge >= 0.3 is 6.03 Å². The number of aromatic nitrogens is 2. The molecular weight excluding hydrogens is 410 g/mol. The molecule has 4 amide bonds. The van der Waals surface area contributed by atoms with Crippen LogP contribution in [0.25, 0.3) is 0 Å². The zero-order valence-electron chi connectivity index (χ0n) is 16.7. The van der Waals surface area contributed by atoms with Gasteiger partial charge in [0.2, 0.25) is 0 Å². The predicted molar refractivity (Wildman–Crippen MR) is 108 cm³/mol. The number of aryl methyl sites for hydroxylation is 1. The highest BCUT2D eigenvalue weighted by atomic mass is 32.1. The van der Waals surface area contributed by atoms with Gasteiger partial charge in [-0.3, -0.25) is 9.59 Å². The summed E-state index contributed by atoms with van der Waals surface area (Å²) in [5.74, 6) is 0.374. The summed E-state index contributed by atoms with van der Waals surface area (Å²) >= 11 is 1.03. The lowest BCUT2D eigenvalue weighted by molar-refractivity contribution is -0.120. The molecule has 1 aromatic heterocycles. The maximum atomic E-state index is 13.1. The number of fused-ring (bicyclic) bond motifs is 1. The van der Waals surface area contributed by atoms with Crippen LogP contribution in [-0.4, -0.2) is 65.2 Å². The van der Waals surface area contributed by atoms with E-state index in [-0.39, 0.29) is 23.9 Å². The van der Waals surface area contributed by atoms with Crippen LogP contribution in [0.3, 0.4) is 0 Å². The van der Waals surface area contributed by atoms with Gasteiger partial charge in [-0.2, -0.15) is 0 Å². The summed E-state index contributed by atoms with van der Waals surface area (Å²) in [6.07, 6.45) is 0.904. The summed E-state index contributed by atoms with van der Waals surface area (Å²) in [4.78, 5) is 41.7. The van der Waals surface area contributed by atoms with E-state index < -0.39 is 6.04 Å². The Morgan fingerprint density at radius 3 is 2.50 bits per heavy atom. The van der Waals surface area contributed by atoms with Crippen molar-refractivity contribution in [2.75, 3.05) is 25.7 Å². The lowest BCUT2D eigenvalue weighted by Gasteiger charge is -2.32. The summed E-state index contributed by atoms with van der Waals surface area (Å²) in [6.45, 7) is 2.10. The summed E-state index contributed by atoms with van der Waals surface area (Å²) in [6, 6.07) is 3.67. The van der Waals surface area contributed by atoms with E-state index in [0.717, 1.165) is 16.4 Å². The molecule has 2 aliphatic heterocycles. The molecular formula is C19H21N5O5S. The quantitative estimate of drug-likeness (QED) is 0.715. The molecule has 30 heavy (non-hydrogen) atoms. The highest BCUT2D eigenvalue weighted by Gasteiger charge is 2.49. The fraction of sp³-hybridized carbons (Fsp3) is 0.421. The third-order valence-corrected chi connectivity index (χ3v) is 6.16. The van der Waals surface area contributed by atoms with E-state index in [9.17, 15) is 14.4 Å². The first-order valence-electron chi connectivity index (χ1n) is 9.40. The Hall–Kier alpha value is -3.21. The SMILES string of the molecule is COc1cc(OC)cc(N2C(=O)C3CC(NC(=O)c4snnc4C)CCN3C2=O)c1. The molecule has 1 aromatic carbocycles. The largest absolute Gasteiger partial charge is 0.497 e. The number of rotatable bonds is 5. The zero-order valence-corrected chi connectivity index (χ0v) is 17.6. The molecule has 2 saturated heterocycles. The van der Waals surface area contributed by atoms with Gasteiger partial charge < -0.3 is 19.7 Å². The molecule has 3 heterocycles. The molecule has 11 heteroatoms. The molecule has 2 atom stereocenters. The van der Waals surface area contributed by atoms with Crippen LogP contribution in [-0.2, 0) is 4.79 Å². The van der Waals surface area contributed by atoms with Crippen LogP contribution < -0.4 is 19.7 Å². The second-order valence-corrected chi connectivity index (χ2v) is 7.87. The third kappa shape index (κ3) is 3.45. The topological polar surface area (TPSA) is 114 Å². The predicted octanol–water partition coefficient (Wildman–Crippen LogP) is 1.59. The number of imide groups is 1. The van der Waals surface area contributed by atoms with Gasteiger partial charge in [-0.1, -0.05) is 4.49 Å². The standard InChI is InChI=1S/C19H21N5O5S/c1-10-16(30-22-21-10)17(25)20-11-4-5-23-15(6-11)18(26)24(19(23)27)12-7-13(28-2)9-14(8-12)29-3/h7-9,11,15H,4-6H2,1-3H3,(H,20,25). The number of nitrogens with one attached hydrogen (secondary N) is 1. The molecule has 0 radical (unpaired) electrons. The van der Waals surface area contributed by atoms with Crippen molar-refractivity contribution in [3.05, 3.63) is 28.8 Å². The van der Waals surface area contributed by atoms with E-state index >= 15 is 0 Å². The van der Waals surface area contributed by atoms with Crippen molar-refractivity contribution in [2.24, 2.45) is 0 Å². The second kappa shape index (κ2) is 7.90. The Labute approximate surface area is 176 Å². The van der Waals surface area contributed by atoms with Gasteiger partial charge in [0.1, 0.15) is 22.4 Å². The van der Waals surface area contributed by atoms with Crippen molar-refractivity contribution >= 4 is 35.1 Å². The molecule has 2 fully saturated rings. The van der Waals surface area contributed by atoms with E-state index in [1.165, 1.54) is 14.2 Å². The maximum absolute atomic E-state index is 13.1. The highest BCUT2D eigenvalue weighted by Crippen LogP contribution is 2.35. The lowest BCUT2D eigenvalue weighted by Crippen LogP contribution is -2.49. The Bertz CT molecular complexity index is 987. The number of urea groups is 1. The van der Waals surface area contributed by atoms with Gasteiger partial charge in [-0.25, -0.2) is 9.69 Å². The van der Waals surface area contributed by atoms with Gasteiger partial charge in [0.25, 0.3) is 11.8 Å². The number of ether oxygens (including phenoxy) is 2. The van der Waals surface area contributed by atoms with Crippen molar-refractivity contribution in [2.45, 2.75) is 31.8 Å². The summed E-state index contributed by atoms with van der Waals surface area (Å²) in [7, 11) is 3.01. The minimum Gasteiger partial charge on any atom is -0.497 e. The van der Waals surface area contributed by atoms with E-state index in [4.69, 9.17) is 9.47 Å². The van der Waals surface area contributed by atoms with E-state index in [1.807, 2.05) is 0 Å². The van der Waals surface area contributed by atoms with Crippen molar-refractivity contribution in [1.29, 1.82) is 0 Å². The number of hydrogen-bond donors (Lipinski definition) is 1. The average molecular weight is 431 g/mol. The summed E-state index contributed by atoms with van der Waals surface area (Å²) in [5, 5.41) is 6.80. The zero-order chi connectivity index (χ0) is 21.4. The van der Waals surface area contributed by atoms with Crippen LogP contribution in [0.15, 0.2) is 18.2 Å². The molecule has 10 nitrogen and oxygen atoms in total. The molecule has 1 N–H and O–H groups in total. The van der Waals surface area contributed by atoms with Crippen molar-refractivity contribution in [3.8, 4) is 11.5 Å². The van der Waals surface area contributed by atoms with Crippen molar-refractivity contribution < 1.29 is 23.9 Å². The van der Waals surface area contributed by atoms with Crippen LogP contribution in [0.2, 0.25) is 0 Å². The number of methoxy groups -OCH3 is 2. The normalized spacial score (nSPS) is 20.9.